The molecule has 13 rings (SSSR count). The third-order valence-electron chi connectivity index (χ3n) is 16.5. The zero-order valence-corrected chi connectivity index (χ0v) is 41.9. The molecule has 2 atom stereocenters. The van der Waals surface area contributed by atoms with Crippen molar-refractivity contribution in [3.8, 4) is 33.4 Å². The SMILES string of the molecule is C=Cc1ccc(C2(c3c(F)cc(F)c(F)c3F)c3ccccc3-c3ccc(N(c4ccc5c(c4)C(C)(C)c4ccccc4-5)c4ccc5c(c4)C(c4ccc(C=C)cc4)(c4c(F)c(F)cc(F)c4F)c4ccccc4-5)cc32)cc1. The monoisotopic (exact) mass is 1040 g/mol. The molecule has 0 N–H and O–H groups in total. The highest BCUT2D eigenvalue weighted by Gasteiger charge is 2.53. The third kappa shape index (κ3) is 6.54. The number of rotatable bonds is 9. The third-order valence-corrected chi connectivity index (χ3v) is 16.5. The van der Waals surface area contributed by atoms with E-state index >= 15 is 35.1 Å². The average Bonchev–Trinajstić information content (AvgIpc) is 3.47. The maximum absolute atomic E-state index is 17.1. The van der Waals surface area contributed by atoms with Crippen LogP contribution >= 0.6 is 0 Å². The van der Waals surface area contributed by atoms with Crippen LogP contribution in [-0.4, -0.2) is 0 Å². The number of benzene rings is 10. The van der Waals surface area contributed by atoms with Gasteiger partial charge in [0.1, 0.15) is 5.82 Å². The second kappa shape index (κ2) is 17.5. The number of hydrogen-bond acceptors (Lipinski definition) is 1. The molecule has 0 aliphatic heterocycles. The quantitative estimate of drug-likeness (QED) is 0.0791. The zero-order chi connectivity index (χ0) is 54.2. The van der Waals surface area contributed by atoms with Crippen LogP contribution in [0.5, 0.6) is 0 Å². The summed E-state index contributed by atoms with van der Waals surface area (Å²) in [6.07, 6.45) is 3.23. The number of hydrogen-bond donors (Lipinski definition) is 0. The molecule has 9 heteroatoms. The molecule has 0 saturated carbocycles. The second-order valence-electron chi connectivity index (χ2n) is 20.6. The van der Waals surface area contributed by atoms with E-state index in [9.17, 15) is 0 Å². The van der Waals surface area contributed by atoms with Crippen molar-refractivity contribution in [1.82, 2.24) is 0 Å². The molecule has 10 aromatic rings. The molecule has 0 aromatic heterocycles. The van der Waals surface area contributed by atoms with Gasteiger partial charge >= 0.3 is 0 Å². The van der Waals surface area contributed by atoms with Crippen LogP contribution in [0, 0.1) is 46.5 Å². The minimum atomic E-state index is -2.01. The van der Waals surface area contributed by atoms with Crippen molar-refractivity contribution in [2.24, 2.45) is 0 Å². The van der Waals surface area contributed by atoms with Gasteiger partial charge in [-0.15, -0.1) is 0 Å². The van der Waals surface area contributed by atoms with E-state index in [1.165, 1.54) is 0 Å². The molecule has 0 bridgehead atoms. The summed E-state index contributed by atoms with van der Waals surface area (Å²) in [5, 5.41) is 0. The van der Waals surface area contributed by atoms with E-state index in [-0.39, 0.29) is 6.07 Å². The van der Waals surface area contributed by atoms with Crippen molar-refractivity contribution in [3.63, 3.8) is 0 Å². The lowest BCUT2D eigenvalue weighted by Gasteiger charge is -2.36. The molecule has 0 spiro atoms. The summed E-state index contributed by atoms with van der Waals surface area (Å²) in [5.74, 6) is -12.8. The van der Waals surface area contributed by atoms with Gasteiger partial charge in [-0.25, -0.2) is 35.1 Å². The smallest absolute Gasteiger partial charge is 0.194 e. The highest BCUT2D eigenvalue weighted by molar-refractivity contribution is 5.93. The first-order valence-corrected chi connectivity index (χ1v) is 25.3. The lowest BCUT2D eigenvalue weighted by Crippen LogP contribution is -2.32. The van der Waals surface area contributed by atoms with Crippen LogP contribution in [0.1, 0.15) is 80.6 Å². The van der Waals surface area contributed by atoms with Gasteiger partial charge in [-0.1, -0.05) is 179 Å². The molecule has 2 unspecified atom stereocenters. The number of fused-ring (bicyclic) bond motifs is 9. The van der Waals surface area contributed by atoms with Crippen LogP contribution in [0.25, 0.3) is 45.5 Å². The second-order valence-corrected chi connectivity index (χ2v) is 20.6. The summed E-state index contributed by atoms with van der Waals surface area (Å²) in [6, 6.07) is 53.3. The minimum absolute atomic E-state index is 0.203. The van der Waals surface area contributed by atoms with E-state index in [0.717, 1.165) is 22.3 Å². The minimum Gasteiger partial charge on any atom is -0.310 e. The Balaban J connectivity index is 1.14. The van der Waals surface area contributed by atoms with Crippen molar-refractivity contribution in [2.75, 3.05) is 4.90 Å². The Bertz CT molecular complexity index is 4190. The van der Waals surface area contributed by atoms with Gasteiger partial charge in [0.15, 0.2) is 40.7 Å². The molecule has 380 valence electrons. The highest BCUT2D eigenvalue weighted by atomic mass is 19.2. The molecule has 78 heavy (non-hydrogen) atoms. The maximum Gasteiger partial charge on any atom is 0.194 e. The molecule has 1 nitrogen and oxygen atoms in total. The Morgan fingerprint density at radius 1 is 0.333 bits per heavy atom. The Labute approximate surface area is 445 Å². The average molecular weight is 1040 g/mol. The van der Waals surface area contributed by atoms with Crippen molar-refractivity contribution >= 4 is 29.2 Å². The Morgan fingerprint density at radius 2 is 0.692 bits per heavy atom. The zero-order valence-electron chi connectivity index (χ0n) is 41.9. The number of halogens is 8. The van der Waals surface area contributed by atoms with Crippen LogP contribution in [0.4, 0.5) is 52.2 Å². The maximum atomic E-state index is 17.1. The Kier molecular flexibility index (Phi) is 10.9. The van der Waals surface area contributed by atoms with Crippen molar-refractivity contribution in [3.05, 3.63) is 315 Å². The first kappa shape index (κ1) is 48.6. The summed E-state index contributed by atoms with van der Waals surface area (Å²) >= 11 is 0. The molecule has 0 saturated heterocycles. The van der Waals surface area contributed by atoms with Gasteiger partial charge in [0.05, 0.1) is 10.8 Å². The summed E-state index contributed by atoms with van der Waals surface area (Å²) < 4.78 is 131. The summed E-state index contributed by atoms with van der Waals surface area (Å²) in [7, 11) is 0. The van der Waals surface area contributed by atoms with E-state index in [4.69, 9.17) is 0 Å². The topological polar surface area (TPSA) is 3.24 Å². The largest absolute Gasteiger partial charge is 0.310 e. The van der Waals surface area contributed by atoms with Gasteiger partial charge in [-0.3, -0.25) is 0 Å². The lowest BCUT2D eigenvalue weighted by atomic mass is 9.67. The van der Waals surface area contributed by atoms with Crippen molar-refractivity contribution in [2.45, 2.75) is 30.1 Å². The standard InChI is InChI=1S/C69H43F8N/c1-5-38-19-23-40(24-20-38)68(61-57(70)36-60(73)65(76)66(61)77)52-17-11-8-14-46(52)49-31-28-43(34-55(49)68)78(42-27-30-48-45-13-7-10-16-51(45)67(3,4)54(48)33-42)44-29-32-50-47-15-9-12-18-53(47)69(56(50)35-44,41-25-21-39(6-2)22-26-41)62-63(74)58(71)37-59(72)64(62)75/h5-37H,1-2H2,3-4H3. The molecule has 10 aromatic carbocycles. The van der Waals surface area contributed by atoms with E-state index in [0.29, 0.717) is 89.9 Å². The van der Waals surface area contributed by atoms with Gasteiger partial charge in [0, 0.05) is 45.7 Å². The van der Waals surface area contributed by atoms with Crippen molar-refractivity contribution in [1.29, 1.82) is 0 Å². The fourth-order valence-electron chi connectivity index (χ4n) is 13.1. The fraction of sp³-hybridized carbons (Fsp3) is 0.0725. The van der Waals surface area contributed by atoms with E-state index in [1.54, 1.807) is 115 Å². The first-order valence-electron chi connectivity index (χ1n) is 25.3. The predicted molar refractivity (Wildman–Crippen MR) is 293 cm³/mol. The van der Waals surface area contributed by atoms with Crippen LogP contribution in [0.2, 0.25) is 0 Å². The normalized spacial score (nSPS) is 16.9. The first-order chi connectivity index (χ1) is 37.7. The molecule has 3 aliphatic carbocycles. The van der Waals surface area contributed by atoms with Gasteiger partial charge in [-0.05, 0) is 125 Å². The predicted octanol–water partition coefficient (Wildman–Crippen LogP) is 18.6. The van der Waals surface area contributed by atoms with Gasteiger partial charge in [-0.2, -0.15) is 0 Å². The molecular formula is C69H43F8N. The van der Waals surface area contributed by atoms with Gasteiger partial charge in [0.2, 0.25) is 0 Å². The molecular weight excluding hydrogens is 995 g/mol. The van der Waals surface area contributed by atoms with Crippen LogP contribution in [0.3, 0.4) is 0 Å². The molecule has 3 aliphatic rings. The molecule has 0 amide bonds. The fourth-order valence-corrected chi connectivity index (χ4v) is 13.1. The highest BCUT2D eigenvalue weighted by Crippen LogP contribution is 2.61. The van der Waals surface area contributed by atoms with E-state index < -0.39 is 73.9 Å². The summed E-state index contributed by atoms with van der Waals surface area (Å²) in [5.41, 5.74) is 5.23. The summed E-state index contributed by atoms with van der Waals surface area (Å²) in [6.45, 7) is 12.1. The van der Waals surface area contributed by atoms with Crippen LogP contribution in [-0.2, 0) is 16.2 Å². The van der Waals surface area contributed by atoms with Crippen LogP contribution in [0.15, 0.2) is 201 Å². The lowest BCUT2D eigenvalue weighted by molar-refractivity contribution is 0.416. The van der Waals surface area contributed by atoms with Crippen LogP contribution < -0.4 is 4.90 Å². The van der Waals surface area contributed by atoms with E-state index in [1.807, 2.05) is 59.5 Å². The molecule has 0 heterocycles. The summed E-state index contributed by atoms with van der Waals surface area (Å²) in [4.78, 5) is 1.92. The van der Waals surface area contributed by atoms with E-state index in [2.05, 4.69) is 45.2 Å². The Hall–Kier alpha value is -9.08. The molecule has 0 fully saturated rings. The van der Waals surface area contributed by atoms with Crippen molar-refractivity contribution < 1.29 is 35.1 Å². The van der Waals surface area contributed by atoms with Gasteiger partial charge in [0.25, 0.3) is 0 Å². The number of anilines is 3. The molecule has 0 radical (unpaired) electrons. The number of nitrogens with zero attached hydrogens (tertiary/aromatic N) is 1. The van der Waals surface area contributed by atoms with Gasteiger partial charge < -0.3 is 4.90 Å². The Morgan fingerprint density at radius 3 is 1.15 bits per heavy atom.